The average molecular weight is 278 g/mol. The first-order chi connectivity index (χ1) is 9.75. The molecule has 0 amide bonds. The van der Waals surface area contributed by atoms with Crippen LogP contribution in [0, 0.1) is 35.5 Å². The third-order valence-corrected chi connectivity index (χ3v) is 7.37. The van der Waals surface area contributed by atoms with Gasteiger partial charge < -0.3 is 10.2 Å². The van der Waals surface area contributed by atoms with Crippen LogP contribution >= 0.6 is 0 Å². The molecule has 4 saturated carbocycles. The highest BCUT2D eigenvalue weighted by Gasteiger charge is 2.55. The fourth-order valence-corrected chi connectivity index (χ4v) is 6.43. The first-order valence-corrected chi connectivity index (χ1v) is 9.12. The Morgan fingerprint density at radius 1 is 0.550 bits per heavy atom. The molecule has 0 aromatic heterocycles. The highest BCUT2D eigenvalue weighted by atomic mass is 16.3. The van der Waals surface area contributed by atoms with Crippen LogP contribution in [0.2, 0.25) is 0 Å². The van der Waals surface area contributed by atoms with Gasteiger partial charge in [0.15, 0.2) is 0 Å². The Bertz CT molecular complexity index is 311. The number of fused-ring (bicyclic) bond motifs is 1. The summed E-state index contributed by atoms with van der Waals surface area (Å²) < 4.78 is 0. The van der Waals surface area contributed by atoms with Gasteiger partial charge in [-0.3, -0.25) is 0 Å². The summed E-state index contributed by atoms with van der Waals surface area (Å²) in [5.41, 5.74) is 0. The number of hydrogen-bond donors (Lipinski definition) is 2. The summed E-state index contributed by atoms with van der Waals surface area (Å²) >= 11 is 0. The molecule has 4 rings (SSSR count). The molecule has 4 aliphatic carbocycles. The van der Waals surface area contributed by atoms with E-state index in [4.69, 9.17) is 0 Å². The Kier molecular flexibility index (Phi) is 3.58. The predicted octanol–water partition coefficient (Wildman–Crippen LogP) is 3.36. The molecule has 2 nitrogen and oxygen atoms in total. The molecule has 0 radical (unpaired) electrons. The van der Waals surface area contributed by atoms with Crippen LogP contribution in [-0.2, 0) is 0 Å². The second kappa shape index (κ2) is 5.28. The van der Waals surface area contributed by atoms with E-state index in [0.29, 0.717) is 17.8 Å². The fraction of sp³-hybridized carbons (Fsp3) is 1.00. The molecule has 0 aromatic carbocycles. The lowest BCUT2D eigenvalue weighted by Gasteiger charge is -2.30. The smallest absolute Gasteiger partial charge is 0.0626 e. The van der Waals surface area contributed by atoms with E-state index in [2.05, 4.69) is 0 Å². The van der Waals surface area contributed by atoms with Crippen molar-refractivity contribution in [3.8, 4) is 0 Å². The molecule has 0 aliphatic heterocycles. The molecule has 0 saturated heterocycles. The van der Waals surface area contributed by atoms with E-state index < -0.39 is 0 Å². The van der Waals surface area contributed by atoms with Crippen LogP contribution in [-0.4, -0.2) is 22.4 Å². The Labute approximate surface area is 123 Å². The van der Waals surface area contributed by atoms with E-state index in [1.54, 1.807) is 0 Å². The summed E-state index contributed by atoms with van der Waals surface area (Å²) in [4.78, 5) is 0. The minimum absolute atomic E-state index is 0.204. The van der Waals surface area contributed by atoms with E-state index >= 15 is 0 Å². The predicted molar refractivity (Wildman–Crippen MR) is 79.1 cm³/mol. The number of aliphatic hydroxyl groups excluding tert-OH is 2. The van der Waals surface area contributed by atoms with Gasteiger partial charge in [-0.15, -0.1) is 0 Å². The molecule has 0 spiro atoms. The van der Waals surface area contributed by atoms with Crippen molar-refractivity contribution in [1.82, 2.24) is 0 Å². The van der Waals surface area contributed by atoms with Crippen molar-refractivity contribution in [3.63, 3.8) is 0 Å². The zero-order valence-electron chi connectivity index (χ0n) is 12.6. The number of hydrogen-bond acceptors (Lipinski definition) is 2. The number of rotatable bonds is 2. The van der Waals surface area contributed by atoms with E-state index in [0.717, 1.165) is 11.8 Å². The second-order valence-corrected chi connectivity index (χ2v) is 8.21. The van der Waals surface area contributed by atoms with Gasteiger partial charge in [-0.1, -0.05) is 51.4 Å². The molecule has 4 aliphatic rings. The van der Waals surface area contributed by atoms with Crippen molar-refractivity contribution in [1.29, 1.82) is 0 Å². The molecule has 0 heterocycles. The van der Waals surface area contributed by atoms with E-state index in [-0.39, 0.29) is 18.1 Å². The minimum Gasteiger partial charge on any atom is -0.392 e. The van der Waals surface area contributed by atoms with Gasteiger partial charge in [0.2, 0.25) is 0 Å². The van der Waals surface area contributed by atoms with Crippen molar-refractivity contribution < 1.29 is 10.2 Å². The van der Waals surface area contributed by atoms with E-state index in [9.17, 15) is 10.2 Å². The van der Waals surface area contributed by atoms with Gasteiger partial charge >= 0.3 is 0 Å². The molecule has 2 unspecified atom stereocenters. The largest absolute Gasteiger partial charge is 0.392 e. The lowest BCUT2D eigenvalue weighted by molar-refractivity contribution is -0.0152. The number of aliphatic hydroxyl groups is 2. The Balaban J connectivity index is 1.46. The maximum Gasteiger partial charge on any atom is 0.0626 e. The molecular weight excluding hydrogens is 248 g/mol. The summed E-state index contributed by atoms with van der Waals surface area (Å²) in [5, 5.41) is 21.6. The lowest BCUT2D eigenvalue weighted by atomic mass is 9.80. The highest BCUT2D eigenvalue weighted by Crippen LogP contribution is 2.56. The molecule has 2 heteroatoms. The van der Waals surface area contributed by atoms with Crippen molar-refractivity contribution in [2.75, 3.05) is 0 Å². The lowest BCUT2D eigenvalue weighted by Crippen LogP contribution is -2.35. The summed E-state index contributed by atoms with van der Waals surface area (Å²) in [6, 6.07) is 0. The van der Waals surface area contributed by atoms with Gasteiger partial charge in [-0.25, -0.2) is 0 Å². The molecule has 4 fully saturated rings. The van der Waals surface area contributed by atoms with Crippen LogP contribution in [0.4, 0.5) is 0 Å². The SMILES string of the molecule is OC1C2C(C[C@@H]1C1CCCC1)C[C@H](C1CCCC1)C2O. The third-order valence-electron chi connectivity index (χ3n) is 7.37. The van der Waals surface area contributed by atoms with Crippen molar-refractivity contribution in [2.45, 2.75) is 76.4 Å². The van der Waals surface area contributed by atoms with Crippen molar-refractivity contribution in [2.24, 2.45) is 35.5 Å². The Morgan fingerprint density at radius 3 is 1.30 bits per heavy atom. The average Bonchev–Trinajstić information content (AvgIpc) is 3.17. The maximum absolute atomic E-state index is 10.8. The van der Waals surface area contributed by atoms with Crippen molar-refractivity contribution >= 4 is 0 Å². The van der Waals surface area contributed by atoms with Crippen LogP contribution in [0.5, 0.6) is 0 Å². The fourth-order valence-electron chi connectivity index (χ4n) is 6.43. The molecule has 2 N–H and O–H groups in total. The van der Waals surface area contributed by atoms with Gasteiger partial charge in [0, 0.05) is 5.92 Å². The van der Waals surface area contributed by atoms with E-state index in [1.807, 2.05) is 0 Å². The summed E-state index contributed by atoms with van der Waals surface area (Å²) in [5.74, 6) is 3.36. The standard InChI is InChI=1S/C18H30O2/c19-17-14(11-5-1-2-6-11)9-13-10-15(18(20)16(13)17)12-7-3-4-8-12/h11-20H,1-10H2/t13?,14-,15-,16?,17?,18?/m1/s1. The van der Waals surface area contributed by atoms with E-state index in [1.165, 1.54) is 64.2 Å². The van der Waals surface area contributed by atoms with Crippen LogP contribution in [0.15, 0.2) is 0 Å². The minimum atomic E-state index is -0.204. The zero-order chi connectivity index (χ0) is 13.7. The normalized spacial score (nSPS) is 50.1. The molecule has 0 bridgehead atoms. The van der Waals surface area contributed by atoms with Crippen LogP contribution < -0.4 is 0 Å². The van der Waals surface area contributed by atoms with Crippen LogP contribution in [0.3, 0.4) is 0 Å². The molecule has 20 heavy (non-hydrogen) atoms. The molecule has 0 aromatic rings. The van der Waals surface area contributed by atoms with Gasteiger partial charge in [0.05, 0.1) is 12.2 Å². The summed E-state index contributed by atoms with van der Waals surface area (Å²) in [6.07, 6.45) is 12.7. The monoisotopic (exact) mass is 278 g/mol. The zero-order valence-corrected chi connectivity index (χ0v) is 12.6. The summed E-state index contributed by atoms with van der Waals surface area (Å²) in [7, 11) is 0. The quantitative estimate of drug-likeness (QED) is 0.813. The topological polar surface area (TPSA) is 40.5 Å². The molecule has 114 valence electrons. The first-order valence-electron chi connectivity index (χ1n) is 9.12. The second-order valence-electron chi connectivity index (χ2n) is 8.21. The third kappa shape index (κ3) is 2.06. The van der Waals surface area contributed by atoms with Gasteiger partial charge in [-0.05, 0) is 42.4 Å². The highest BCUT2D eigenvalue weighted by molar-refractivity contribution is 5.05. The molecule has 4 atom stereocenters. The Morgan fingerprint density at radius 2 is 0.950 bits per heavy atom. The van der Waals surface area contributed by atoms with Gasteiger partial charge in [0.25, 0.3) is 0 Å². The molecular formula is C18H30O2. The first kappa shape index (κ1) is 13.6. The summed E-state index contributed by atoms with van der Waals surface area (Å²) in [6.45, 7) is 0. The van der Waals surface area contributed by atoms with Crippen LogP contribution in [0.1, 0.15) is 64.2 Å². The Hall–Kier alpha value is -0.0800. The van der Waals surface area contributed by atoms with Gasteiger partial charge in [-0.2, -0.15) is 0 Å². The maximum atomic E-state index is 10.8. The van der Waals surface area contributed by atoms with Crippen molar-refractivity contribution in [3.05, 3.63) is 0 Å². The van der Waals surface area contributed by atoms with Gasteiger partial charge in [0.1, 0.15) is 0 Å². The van der Waals surface area contributed by atoms with Crippen LogP contribution in [0.25, 0.3) is 0 Å².